The first-order valence-corrected chi connectivity index (χ1v) is 9.90. The second-order valence-corrected chi connectivity index (χ2v) is 7.22. The normalized spacial score (nSPS) is 14.3. The van der Waals surface area contributed by atoms with Crippen molar-refractivity contribution in [3.8, 4) is 6.07 Å². The molecule has 2 N–H and O–H groups in total. The van der Waals surface area contributed by atoms with Gasteiger partial charge in [-0.2, -0.15) is 5.26 Å². The summed E-state index contributed by atoms with van der Waals surface area (Å²) >= 11 is 0. The quantitative estimate of drug-likeness (QED) is 0.379. The highest BCUT2D eigenvalue weighted by Gasteiger charge is 2.19. The number of imide groups is 1. The molecule has 0 atom stereocenters. The molecule has 162 valence electrons. The van der Waals surface area contributed by atoms with Gasteiger partial charge in [0.25, 0.3) is 5.91 Å². The Morgan fingerprint density at radius 2 is 2.00 bits per heavy atom. The van der Waals surface area contributed by atoms with Gasteiger partial charge in [0, 0.05) is 31.1 Å². The van der Waals surface area contributed by atoms with Crippen LogP contribution in [0.3, 0.4) is 0 Å². The topological polar surface area (TPSA) is 122 Å². The zero-order chi connectivity index (χ0) is 22.1. The van der Waals surface area contributed by atoms with Crippen LogP contribution < -0.4 is 10.6 Å². The molecule has 0 saturated heterocycles. The molecule has 1 aromatic rings. The van der Waals surface area contributed by atoms with E-state index in [0.717, 1.165) is 37.1 Å². The van der Waals surface area contributed by atoms with Crippen LogP contribution >= 0.6 is 0 Å². The van der Waals surface area contributed by atoms with Crippen molar-refractivity contribution in [3.05, 3.63) is 28.6 Å². The zero-order valence-corrected chi connectivity index (χ0v) is 17.6. The number of hydrogen-bond acceptors (Lipinski definition) is 6. The van der Waals surface area contributed by atoms with Crippen LogP contribution in [0.15, 0.2) is 11.6 Å². The molecule has 1 heterocycles. The zero-order valence-electron chi connectivity index (χ0n) is 17.6. The predicted octanol–water partition coefficient (Wildman–Crippen LogP) is 1.97. The summed E-state index contributed by atoms with van der Waals surface area (Å²) in [6.07, 6.45) is 5.31. The second-order valence-electron chi connectivity index (χ2n) is 7.22. The summed E-state index contributed by atoms with van der Waals surface area (Å²) in [5.74, 6) is -1.68. The van der Waals surface area contributed by atoms with Gasteiger partial charge in [-0.15, -0.1) is 0 Å². The number of carbonyl (C=O) groups is 3. The lowest BCUT2D eigenvalue weighted by molar-refractivity contribution is -0.144. The van der Waals surface area contributed by atoms with E-state index in [4.69, 9.17) is 9.47 Å². The van der Waals surface area contributed by atoms with Crippen LogP contribution in [0, 0.1) is 25.2 Å². The van der Waals surface area contributed by atoms with Crippen LogP contribution in [-0.4, -0.2) is 48.8 Å². The largest absolute Gasteiger partial charge is 0.451 e. The number of carbonyl (C=O) groups excluding carboxylic acids is 3. The smallest absolute Gasteiger partial charge is 0.349 e. The fourth-order valence-electron chi connectivity index (χ4n) is 3.46. The van der Waals surface area contributed by atoms with Gasteiger partial charge in [-0.3, -0.25) is 10.1 Å². The summed E-state index contributed by atoms with van der Waals surface area (Å²) in [5, 5.41) is 14.2. The van der Waals surface area contributed by atoms with E-state index in [2.05, 4.69) is 10.6 Å². The van der Waals surface area contributed by atoms with Crippen LogP contribution in [0.25, 0.3) is 6.08 Å². The van der Waals surface area contributed by atoms with Crippen LogP contribution in [0.1, 0.15) is 42.6 Å². The molecule has 0 radical (unpaired) electrons. The van der Waals surface area contributed by atoms with Crippen molar-refractivity contribution in [1.29, 1.82) is 5.26 Å². The lowest BCUT2D eigenvalue weighted by Gasteiger charge is -2.12. The van der Waals surface area contributed by atoms with Crippen molar-refractivity contribution in [2.24, 2.45) is 0 Å². The molecule has 9 nitrogen and oxygen atoms in total. The Kier molecular flexibility index (Phi) is 8.62. The number of aromatic nitrogens is 1. The van der Waals surface area contributed by atoms with E-state index in [0.29, 0.717) is 18.7 Å². The predicted molar refractivity (Wildman–Crippen MR) is 109 cm³/mol. The van der Waals surface area contributed by atoms with E-state index < -0.39 is 24.5 Å². The van der Waals surface area contributed by atoms with Crippen molar-refractivity contribution in [2.45, 2.75) is 52.1 Å². The van der Waals surface area contributed by atoms with E-state index >= 15 is 0 Å². The standard InChI is InChI=1S/C21H28N4O5/c1-14-10-16(15(2)25(14)8-9-29-3)11-17(12-22)20(27)30-13-19(26)24-21(28)23-18-6-4-5-7-18/h10-11,18H,4-9,13H2,1-3H3,(H2,23,24,26,28)/b17-11+. The first-order chi connectivity index (χ1) is 14.3. The molecular weight excluding hydrogens is 388 g/mol. The molecule has 0 bridgehead atoms. The minimum atomic E-state index is -0.925. The van der Waals surface area contributed by atoms with E-state index in [9.17, 15) is 19.6 Å². The molecule has 9 heteroatoms. The third-order valence-corrected chi connectivity index (χ3v) is 5.05. The van der Waals surface area contributed by atoms with Crippen molar-refractivity contribution in [2.75, 3.05) is 20.3 Å². The lowest BCUT2D eigenvalue weighted by atomic mass is 10.1. The molecule has 0 aromatic carbocycles. The van der Waals surface area contributed by atoms with Crippen molar-refractivity contribution >= 4 is 24.0 Å². The first kappa shape index (κ1) is 23.2. The summed E-state index contributed by atoms with van der Waals surface area (Å²) in [6.45, 7) is 4.34. The van der Waals surface area contributed by atoms with Gasteiger partial charge in [0.15, 0.2) is 6.61 Å². The molecule has 3 amide bonds. The number of aryl methyl sites for hydroxylation is 1. The number of nitriles is 1. The number of hydrogen-bond donors (Lipinski definition) is 2. The Bertz CT molecular complexity index is 859. The number of amides is 3. The van der Waals surface area contributed by atoms with E-state index in [1.54, 1.807) is 13.2 Å². The number of ether oxygens (including phenoxy) is 2. The average molecular weight is 416 g/mol. The maximum Gasteiger partial charge on any atom is 0.349 e. The van der Waals surface area contributed by atoms with Crippen LogP contribution in [0.4, 0.5) is 4.79 Å². The fraction of sp³-hybridized carbons (Fsp3) is 0.524. The molecule has 30 heavy (non-hydrogen) atoms. The number of methoxy groups -OCH3 is 1. The summed E-state index contributed by atoms with van der Waals surface area (Å²) in [4.78, 5) is 35.8. The summed E-state index contributed by atoms with van der Waals surface area (Å²) < 4.78 is 12.0. The molecule has 1 aromatic heterocycles. The lowest BCUT2D eigenvalue weighted by Crippen LogP contribution is -2.45. The third kappa shape index (κ3) is 6.46. The number of rotatable bonds is 8. The van der Waals surface area contributed by atoms with Gasteiger partial charge in [0.05, 0.1) is 6.61 Å². The Morgan fingerprint density at radius 1 is 1.30 bits per heavy atom. The number of nitrogens with zero attached hydrogens (tertiary/aromatic N) is 2. The van der Waals surface area contributed by atoms with Crippen LogP contribution in [-0.2, 0) is 25.6 Å². The third-order valence-electron chi connectivity index (χ3n) is 5.05. The maximum atomic E-state index is 12.2. The molecular formula is C21H28N4O5. The Morgan fingerprint density at radius 3 is 2.63 bits per heavy atom. The molecule has 1 fully saturated rings. The van der Waals surface area contributed by atoms with E-state index in [-0.39, 0.29) is 11.6 Å². The summed E-state index contributed by atoms with van der Waals surface area (Å²) in [5.41, 5.74) is 2.32. The van der Waals surface area contributed by atoms with Crippen molar-refractivity contribution in [1.82, 2.24) is 15.2 Å². The van der Waals surface area contributed by atoms with Crippen LogP contribution in [0.5, 0.6) is 0 Å². The molecule has 1 aliphatic carbocycles. The van der Waals surface area contributed by atoms with Crippen LogP contribution in [0.2, 0.25) is 0 Å². The second kappa shape index (κ2) is 11.2. The molecule has 1 aliphatic rings. The highest BCUT2D eigenvalue weighted by atomic mass is 16.5. The SMILES string of the molecule is COCCn1c(C)cc(/C=C(\C#N)C(=O)OCC(=O)NC(=O)NC2CCCC2)c1C. The maximum absolute atomic E-state index is 12.2. The summed E-state index contributed by atoms with van der Waals surface area (Å²) in [7, 11) is 1.62. The fourth-order valence-corrected chi connectivity index (χ4v) is 3.46. The van der Waals surface area contributed by atoms with Gasteiger partial charge < -0.3 is 19.4 Å². The molecule has 1 saturated carbocycles. The average Bonchev–Trinajstić information content (AvgIpc) is 3.30. The van der Waals surface area contributed by atoms with Crippen molar-refractivity contribution < 1.29 is 23.9 Å². The molecule has 0 aliphatic heterocycles. The Labute approximate surface area is 176 Å². The Hall–Kier alpha value is -3.12. The highest BCUT2D eigenvalue weighted by molar-refractivity contribution is 6.00. The first-order valence-electron chi connectivity index (χ1n) is 9.90. The van der Waals surface area contributed by atoms with Crippen molar-refractivity contribution in [3.63, 3.8) is 0 Å². The van der Waals surface area contributed by atoms with Gasteiger partial charge in [0.1, 0.15) is 11.6 Å². The van der Waals surface area contributed by atoms with Gasteiger partial charge in [-0.25, -0.2) is 9.59 Å². The van der Waals surface area contributed by atoms with Gasteiger partial charge in [-0.1, -0.05) is 12.8 Å². The number of esters is 1. The monoisotopic (exact) mass is 416 g/mol. The molecule has 2 rings (SSSR count). The number of nitrogens with one attached hydrogen (secondary N) is 2. The summed E-state index contributed by atoms with van der Waals surface area (Å²) in [6, 6.07) is 3.12. The van der Waals surface area contributed by atoms with Gasteiger partial charge >= 0.3 is 12.0 Å². The molecule has 0 spiro atoms. The highest BCUT2D eigenvalue weighted by Crippen LogP contribution is 2.19. The minimum Gasteiger partial charge on any atom is -0.451 e. The minimum absolute atomic E-state index is 0.0661. The van der Waals surface area contributed by atoms with E-state index in [1.807, 2.05) is 24.5 Å². The molecule has 0 unspecified atom stereocenters. The van der Waals surface area contributed by atoms with E-state index in [1.165, 1.54) is 6.08 Å². The Balaban J connectivity index is 1.92. The van der Waals surface area contributed by atoms with Gasteiger partial charge in [-0.05, 0) is 44.4 Å². The number of urea groups is 1. The van der Waals surface area contributed by atoms with Gasteiger partial charge in [0.2, 0.25) is 0 Å².